The minimum absolute atomic E-state index is 0.131. The number of anilines is 1. The van der Waals surface area contributed by atoms with E-state index in [0.717, 1.165) is 36.1 Å². The first-order valence-electron chi connectivity index (χ1n) is 9.24. The molecule has 6 nitrogen and oxygen atoms in total. The van der Waals surface area contributed by atoms with Gasteiger partial charge in [0, 0.05) is 17.8 Å². The topological polar surface area (TPSA) is 71.3 Å². The SMILES string of the molecule is Cc1ccccc1NC(=O)N1CCCC[C@@H]1c1nc(-c2ccccc2)no1. The monoisotopic (exact) mass is 362 g/mol. The number of aryl methyl sites for hydroxylation is 1. The van der Waals surface area contributed by atoms with Crippen LogP contribution in [-0.2, 0) is 0 Å². The van der Waals surface area contributed by atoms with E-state index >= 15 is 0 Å². The number of nitrogens with one attached hydrogen (secondary N) is 1. The predicted octanol–water partition coefficient (Wildman–Crippen LogP) is 4.80. The highest BCUT2D eigenvalue weighted by Gasteiger charge is 2.32. The minimum atomic E-state index is -0.201. The third-order valence-corrected chi connectivity index (χ3v) is 4.91. The number of amides is 2. The van der Waals surface area contributed by atoms with Crippen molar-refractivity contribution in [2.75, 3.05) is 11.9 Å². The summed E-state index contributed by atoms with van der Waals surface area (Å²) >= 11 is 0. The molecule has 0 radical (unpaired) electrons. The summed E-state index contributed by atoms with van der Waals surface area (Å²) in [5, 5.41) is 7.12. The molecule has 0 unspecified atom stereocenters. The fourth-order valence-electron chi connectivity index (χ4n) is 3.41. The molecule has 0 aliphatic carbocycles. The van der Waals surface area contributed by atoms with E-state index in [2.05, 4.69) is 15.5 Å². The number of rotatable bonds is 3. The zero-order valence-electron chi connectivity index (χ0n) is 15.3. The Morgan fingerprint density at radius 1 is 1.11 bits per heavy atom. The van der Waals surface area contributed by atoms with Gasteiger partial charge in [-0.3, -0.25) is 0 Å². The first-order valence-corrected chi connectivity index (χ1v) is 9.24. The Balaban J connectivity index is 1.55. The number of para-hydroxylation sites is 1. The van der Waals surface area contributed by atoms with Crippen molar-refractivity contribution in [3.05, 3.63) is 66.1 Å². The van der Waals surface area contributed by atoms with Crippen LogP contribution in [0.2, 0.25) is 0 Å². The van der Waals surface area contributed by atoms with Crippen molar-refractivity contribution < 1.29 is 9.32 Å². The van der Waals surface area contributed by atoms with E-state index in [4.69, 9.17) is 4.52 Å². The Morgan fingerprint density at radius 2 is 1.89 bits per heavy atom. The van der Waals surface area contributed by atoms with Crippen molar-refractivity contribution in [2.24, 2.45) is 0 Å². The van der Waals surface area contributed by atoms with E-state index in [1.807, 2.05) is 61.5 Å². The van der Waals surface area contributed by atoms with Crippen LogP contribution in [0.4, 0.5) is 10.5 Å². The third kappa shape index (κ3) is 3.69. The second-order valence-electron chi connectivity index (χ2n) is 6.77. The van der Waals surface area contributed by atoms with Crippen LogP contribution < -0.4 is 5.32 Å². The third-order valence-electron chi connectivity index (χ3n) is 4.91. The molecular formula is C21H22N4O2. The van der Waals surface area contributed by atoms with E-state index in [1.165, 1.54) is 0 Å². The lowest BCUT2D eigenvalue weighted by molar-refractivity contribution is 0.142. The number of carbonyl (C=O) groups excluding carboxylic acids is 1. The van der Waals surface area contributed by atoms with Crippen molar-refractivity contribution in [1.82, 2.24) is 15.0 Å². The molecule has 138 valence electrons. The number of urea groups is 1. The molecule has 0 bridgehead atoms. The van der Waals surface area contributed by atoms with Crippen LogP contribution in [0.5, 0.6) is 0 Å². The fraction of sp³-hybridized carbons (Fsp3) is 0.286. The summed E-state index contributed by atoms with van der Waals surface area (Å²) in [5.41, 5.74) is 2.75. The Labute approximate surface area is 158 Å². The molecule has 1 N–H and O–H groups in total. The van der Waals surface area contributed by atoms with Crippen LogP contribution in [0, 0.1) is 6.92 Å². The van der Waals surface area contributed by atoms with Gasteiger partial charge >= 0.3 is 6.03 Å². The molecule has 1 saturated heterocycles. The van der Waals surface area contributed by atoms with Crippen LogP contribution in [0.15, 0.2) is 59.1 Å². The average molecular weight is 362 g/mol. The van der Waals surface area contributed by atoms with E-state index in [0.29, 0.717) is 18.3 Å². The summed E-state index contributed by atoms with van der Waals surface area (Å²) in [6, 6.07) is 17.1. The van der Waals surface area contributed by atoms with E-state index < -0.39 is 0 Å². The largest absolute Gasteiger partial charge is 0.337 e. The summed E-state index contributed by atoms with van der Waals surface area (Å²) in [6.07, 6.45) is 2.82. The molecule has 1 atom stereocenters. The summed E-state index contributed by atoms with van der Waals surface area (Å²) in [4.78, 5) is 19.3. The maximum Gasteiger partial charge on any atom is 0.322 e. The molecule has 0 saturated carbocycles. The average Bonchev–Trinajstić information content (AvgIpc) is 3.20. The number of hydrogen-bond acceptors (Lipinski definition) is 4. The fourth-order valence-corrected chi connectivity index (χ4v) is 3.41. The molecule has 1 aliphatic rings. The molecule has 0 spiro atoms. The number of piperidine rings is 1. The molecule has 1 aliphatic heterocycles. The second kappa shape index (κ2) is 7.61. The van der Waals surface area contributed by atoms with Crippen molar-refractivity contribution in [2.45, 2.75) is 32.2 Å². The van der Waals surface area contributed by atoms with E-state index in [9.17, 15) is 4.79 Å². The van der Waals surface area contributed by atoms with Gasteiger partial charge in [0.05, 0.1) is 0 Å². The minimum Gasteiger partial charge on any atom is -0.337 e. The zero-order chi connectivity index (χ0) is 18.6. The Morgan fingerprint density at radius 3 is 2.70 bits per heavy atom. The first-order chi connectivity index (χ1) is 13.2. The molecule has 1 fully saturated rings. The van der Waals surface area contributed by atoms with Crippen LogP contribution in [0.25, 0.3) is 11.4 Å². The van der Waals surface area contributed by atoms with E-state index in [-0.39, 0.29) is 12.1 Å². The number of nitrogens with zero attached hydrogens (tertiary/aromatic N) is 3. The Hall–Kier alpha value is -3.15. The zero-order valence-corrected chi connectivity index (χ0v) is 15.3. The summed E-state index contributed by atoms with van der Waals surface area (Å²) < 4.78 is 5.53. The molecule has 4 rings (SSSR count). The highest BCUT2D eigenvalue weighted by molar-refractivity contribution is 5.90. The maximum absolute atomic E-state index is 12.9. The van der Waals surface area contributed by atoms with Crippen molar-refractivity contribution in [3.63, 3.8) is 0 Å². The predicted molar refractivity (Wildman–Crippen MR) is 103 cm³/mol. The normalized spacial score (nSPS) is 16.9. The smallest absolute Gasteiger partial charge is 0.322 e. The number of carbonyl (C=O) groups is 1. The van der Waals surface area contributed by atoms with Gasteiger partial charge in [-0.1, -0.05) is 53.7 Å². The van der Waals surface area contributed by atoms with Gasteiger partial charge in [-0.15, -0.1) is 0 Å². The summed E-state index contributed by atoms with van der Waals surface area (Å²) in [6.45, 7) is 2.65. The standard InChI is InChI=1S/C21H22N4O2/c1-15-9-5-6-12-17(15)22-21(26)25-14-8-7-13-18(25)20-23-19(24-27-20)16-10-3-2-4-11-16/h2-6,9-12,18H,7-8,13-14H2,1H3,(H,22,26)/t18-/m1/s1. The Kier molecular flexibility index (Phi) is 4.87. The first kappa shape index (κ1) is 17.3. The van der Waals surface area contributed by atoms with Gasteiger partial charge in [-0.25, -0.2) is 4.79 Å². The van der Waals surface area contributed by atoms with Crippen molar-refractivity contribution in [1.29, 1.82) is 0 Å². The molecule has 2 aromatic carbocycles. The lowest BCUT2D eigenvalue weighted by Gasteiger charge is -2.33. The highest BCUT2D eigenvalue weighted by Crippen LogP contribution is 2.31. The van der Waals surface area contributed by atoms with Crippen molar-refractivity contribution in [3.8, 4) is 11.4 Å². The van der Waals surface area contributed by atoms with Crippen LogP contribution >= 0.6 is 0 Å². The quantitative estimate of drug-likeness (QED) is 0.726. The number of hydrogen-bond donors (Lipinski definition) is 1. The summed E-state index contributed by atoms with van der Waals surface area (Å²) in [5.74, 6) is 1.05. The lowest BCUT2D eigenvalue weighted by Crippen LogP contribution is -2.41. The molecule has 27 heavy (non-hydrogen) atoms. The van der Waals surface area contributed by atoms with Gasteiger partial charge in [0.25, 0.3) is 0 Å². The summed E-state index contributed by atoms with van der Waals surface area (Å²) in [7, 11) is 0. The van der Waals surface area contributed by atoms with Gasteiger partial charge < -0.3 is 14.7 Å². The van der Waals surface area contributed by atoms with Crippen molar-refractivity contribution >= 4 is 11.7 Å². The lowest BCUT2D eigenvalue weighted by atomic mass is 10.0. The number of aromatic nitrogens is 2. The van der Waals surface area contributed by atoms with Gasteiger partial charge in [0.15, 0.2) is 0 Å². The van der Waals surface area contributed by atoms with Gasteiger partial charge in [0.2, 0.25) is 11.7 Å². The molecule has 6 heteroatoms. The number of benzene rings is 2. The molecule has 2 heterocycles. The number of likely N-dealkylation sites (tertiary alicyclic amines) is 1. The highest BCUT2D eigenvalue weighted by atomic mass is 16.5. The van der Waals surface area contributed by atoms with Gasteiger partial charge in [-0.05, 0) is 37.8 Å². The van der Waals surface area contributed by atoms with Crippen LogP contribution in [0.3, 0.4) is 0 Å². The molecule has 2 amide bonds. The second-order valence-corrected chi connectivity index (χ2v) is 6.77. The van der Waals surface area contributed by atoms with Gasteiger partial charge in [-0.2, -0.15) is 4.98 Å². The molecule has 3 aromatic rings. The molecular weight excluding hydrogens is 340 g/mol. The van der Waals surface area contributed by atoms with Crippen LogP contribution in [-0.4, -0.2) is 27.6 Å². The Bertz CT molecular complexity index is 923. The van der Waals surface area contributed by atoms with Gasteiger partial charge in [0.1, 0.15) is 6.04 Å². The van der Waals surface area contributed by atoms with Crippen LogP contribution in [0.1, 0.15) is 36.8 Å². The maximum atomic E-state index is 12.9. The van der Waals surface area contributed by atoms with E-state index in [1.54, 1.807) is 4.90 Å². The molecule has 1 aromatic heterocycles.